The van der Waals surface area contributed by atoms with Gasteiger partial charge in [0, 0.05) is 26.1 Å². The second-order valence-electron chi connectivity index (χ2n) is 3.63. The van der Waals surface area contributed by atoms with Crippen LogP contribution in [0, 0.1) is 0 Å². The summed E-state index contributed by atoms with van der Waals surface area (Å²) in [5, 5.41) is 11.9. The standard InChI is InChI=1S/C11H16N2O3/c1-15-10-5-8-6-12-7-9(8)13-11(10)16-4-2-3-14/h5,12,14H,2-4,6-7H2,1H3. The number of nitrogens with zero attached hydrogens (tertiary/aromatic N) is 1. The summed E-state index contributed by atoms with van der Waals surface area (Å²) in [4.78, 5) is 4.40. The summed E-state index contributed by atoms with van der Waals surface area (Å²) in [5.74, 6) is 1.17. The van der Waals surface area contributed by atoms with Gasteiger partial charge in [0.05, 0.1) is 19.4 Å². The van der Waals surface area contributed by atoms with Crippen LogP contribution in [-0.4, -0.2) is 30.4 Å². The molecule has 88 valence electrons. The maximum Gasteiger partial charge on any atom is 0.257 e. The Balaban J connectivity index is 2.15. The van der Waals surface area contributed by atoms with Gasteiger partial charge in [0.25, 0.3) is 5.88 Å². The lowest BCUT2D eigenvalue weighted by molar-refractivity contribution is 0.222. The molecule has 0 saturated carbocycles. The van der Waals surface area contributed by atoms with E-state index in [1.807, 2.05) is 6.07 Å². The maximum atomic E-state index is 8.68. The fourth-order valence-corrected chi connectivity index (χ4v) is 1.66. The van der Waals surface area contributed by atoms with Crippen LogP contribution < -0.4 is 14.8 Å². The van der Waals surface area contributed by atoms with Crippen LogP contribution in [0.2, 0.25) is 0 Å². The van der Waals surface area contributed by atoms with Gasteiger partial charge >= 0.3 is 0 Å². The largest absolute Gasteiger partial charge is 0.491 e. The second kappa shape index (κ2) is 5.14. The van der Waals surface area contributed by atoms with Gasteiger partial charge in [-0.2, -0.15) is 0 Å². The Morgan fingerprint density at radius 2 is 2.38 bits per heavy atom. The van der Waals surface area contributed by atoms with Gasteiger partial charge in [-0.3, -0.25) is 0 Å². The minimum absolute atomic E-state index is 0.120. The number of rotatable bonds is 5. The van der Waals surface area contributed by atoms with E-state index in [1.165, 1.54) is 0 Å². The SMILES string of the molecule is COc1cc2c(nc1OCCCO)CNC2. The molecule has 2 rings (SSSR count). The topological polar surface area (TPSA) is 63.6 Å². The number of nitrogens with one attached hydrogen (secondary N) is 1. The molecule has 0 aliphatic carbocycles. The smallest absolute Gasteiger partial charge is 0.257 e. The van der Waals surface area contributed by atoms with E-state index in [0.717, 1.165) is 24.3 Å². The predicted octanol–water partition coefficient (Wildman–Crippen LogP) is 0.455. The van der Waals surface area contributed by atoms with Gasteiger partial charge in [0.15, 0.2) is 5.75 Å². The summed E-state index contributed by atoms with van der Waals surface area (Å²) in [6.07, 6.45) is 0.597. The number of fused-ring (bicyclic) bond motifs is 1. The summed E-state index contributed by atoms with van der Waals surface area (Å²) in [6.45, 7) is 2.17. The first kappa shape index (κ1) is 11.2. The minimum Gasteiger partial charge on any atom is -0.491 e. The first-order valence-corrected chi connectivity index (χ1v) is 5.36. The molecule has 0 saturated heterocycles. The third-order valence-electron chi connectivity index (χ3n) is 2.49. The van der Waals surface area contributed by atoms with Crippen LogP contribution in [-0.2, 0) is 13.1 Å². The zero-order valence-corrected chi connectivity index (χ0v) is 9.32. The molecule has 0 fully saturated rings. The normalized spacial score (nSPS) is 13.6. The van der Waals surface area contributed by atoms with Crippen LogP contribution in [0.25, 0.3) is 0 Å². The van der Waals surface area contributed by atoms with Gasteiger partial charge in [0.2, 0.25) is 0 Å². The highest BCUT2D eigenvalue weighted by Gasteiger charge is 2.17. The first-order chi connectivity index (χ1) is 7.85. The molecule has 1 aliphatic heterocycles. The summed E-state index contributed by atoms with van der Waals surface area (Å²) in [6, 6.07) is 1.95. The number of aromatic nitrogens is 1. The predicted molar refractivity (Wildman–Crippen MR) is 58.5 cm³/mol. The van der Waals surface area contributed by atoms with Crippen molar-refractivity contribution in [2.75, 3.05) is 20.3 Å². The van der Waals surface area contributed by atoms with E-state index in [0.29, 0.717) is 24.7 Å². The molecule has 0 aromatic carbocycles. The summed E-state index contributed by atoms with van der Waals surface area (Å²) in [5.41, 5.74) is 2.17. The highest BCUT2D eigenvalue weighted by atomic mass is 16.5. The molecule has 1 aliphatic rings. The molecule has 0 radical (unpaired) electrons. The summed E-state index contributed by atoms with van der Waals surface area (Å²) >= 11 is 0. The molecule has 0 bridgehead atoms. The molecule has 5 nitrogen and oxygen atoms in total. The van der Waals surface area contributed by atoms with Crippen molar-refractivity contribution in [1.82, 2.24) is 10.3 Å². The van der Waals surface area contributed by atoms with Gasteiger partial charge in [-0.25, -0.2) is 4.98 Å². The number of methoxy groups -OCH3 is 1. The van der Waals surface area contributed by atoms with Crippen molar-refractivity contribution >= 4 is 0 Å². The van der Waals surface area contributed by atoms with Crippen LogP contribution in [0.15, 0.2) is 6.07 Å². The van der Waals surface area contributed by atoms with E-state index < -0.39 is 0 Å². The Hall–Kier alpha value is -1.33. The lowest BCUT2D eigenvalue weighted by atomic mass is 10.2. The van der Waals surface area contributed by atoms with Crippen molar-refractivity contribution in [2.24, 2.45) is 0 Å². The monoisotopic (exact) mass is 224 g/mol. The van der Waals surface area contributed by atoms with Crippen LogP contribution in [0.4, 0.5) is 0 Å². The van der Waals surface area contributed by atoms with E-state index in [-0.39, 0.29) is 6.61 Å². The Morgan fingerprint density at radius 3 is 3.12 bits per heavy atom. The lowest BCUT2D eigenvalue weighted by Crippen LogP contribution is -2.05. The maximum absolute atomic E-state index is 8.68. The molecule has 0 amide bonds. The van der Waals surface area contributed by atoms with Crippen LogP contribution >= 0.6 is 0 Å². The third-order valence-corrected chi connectivity index (χ3v) is 2.49. The van der Waals surface area contributed by atoms with Crippen molar-refractivity contribution in [2.45, 2.75) is 19.5 Å². The zero-order valence-electron chi connectivity index (χ0n) is 9.32. The number of aliphatic hydroxyl groups excluding tert-OH is 1. The molecular formula is C11H16N2O3. The first-order valence-electron chi connectivity index (χ1n) is 5.36. The van der Waals surface area contributed by atoms with Crippen LogP contribution in [0.5, 0.6) is 11.6 Å². The molecule has 2 N–H and O–H groups in total. The van der Waals surface area contributed by atoms with Gasteiger partial charge in [-0.05, 0) is 11.6 Å². The van der Waals surface area contributed by atoms with Crippen LogP contribution in [0.1, 0.15) is 17.7 Å². The van der Waals surface area contributed by atoms with E-state index in [1.54, 1.807) is 7.11 Å². The number of hydrogen-bond acceptors (Lipinski definition) is 5. The number of ether oxygens (including phenoxy) is 2. The number of hydrogen-bond donors (Lipinski definition) is 2. The molecule has 2 heterocycles. The van der Waals surface area contributed by atoms with Gasteiger partial charge in [-0.15, -0.1) is 0 Å². The lowest BCUT2D eigenvalue weighted by Gasteiger charge is -2.10. The highest BCUT2D eigenvalue weighted by Crippen LogP contribution is 2.29. The average Bonchev–Trinajstić information content (AvgIpc) is 2.75. The van der Waals surface area contributed by atoms with Gasteiger partial charge in [0.1, 0.15) is 0 Å². The third kappa shape index (κ3) is 2.25. The molecule has 0 atom stereocenters. The molecule has 16 heavy (non-hydrogen) atoms. The van der Waals surface area contributed by atoms with Crippen molar-refractivity contribution in [3.05, 3.63) is 17.3 Å². The molecule has 0 unspecified atom stereocenters. The zero-order chi connectivity index (χ0) is 11.4. The summed E-state index contributed by atoms with van der Waals surface area (Å²) in [7, 11) is 1.60. The fourth-order valence-electron chi connectivity index (χ4n) is 1.66. The van der Waals surface area contributed by atoms with Crippen molar-refractivity contribution < 1.29 is 14.6 Å². The highest BCUT2D eigenvalue weighted by molar-refractivity contribution is 5.41. The molecule has 1 aromatic rings. The molecule has 5 heteroatoms. The van der Waals surface area contributed by atoms with Crippen molar-refractivity contribution in [1.29, 1.82) is 0 Å². The molecule has 0 spiro atoms. The Bertz CT molecular complexity index is 368. The molecular weight excluding hydrogens is 208 g/mol. The van der Waals surface area contributed by atoms with E-state index in [9.17, 15) is 0 Å². The van der Waals surface area contributed by atoms with Crippen LogP contribution in [0.3, 0.4) is 0 Å². The van der Waals surface area contributed by atoms with Gasteiger partial charge in [-0.1, -0.05) is 0 Å². The van der Waals surface area contributed by atoms with E-state index in [2.05, 4.69) is 10.3 Å². The van der Waals surface area contributed by atoms with E-state index >= 15 is 0 Å². The van der Waals surface area contributed by atoms with Crippen molar-refractivity contribution in [3.8, 4) is 11.6 Å². The second-order valence-corrected chi connectivity index (χ2v) is 3.63. The van der Waals surface area contributed by atoms with E-state index in [4.69, 9.17) is 14.6 Å². The molecule has 1 aromatic heterocycles. The Morgan fingerprint density at radius 1 is 1.50 bits per heavy atom. The number of pyridine rings is 1. The van der Waals surface area contributed by atoms with Gasteiger partial charge < -0.3 is 19.9 Å². The summed E-state index contributed by atoms with van der Waals surface area (Å²) < 4.78 is 10.7. The average molecular weight is 224 g/mol. The van der Waals surface area contributed by atoms with Crippen molar-refractivity contribution in [3.63, 3.8) is 0 Å². The number of aliphatic hydroxyl groups is 1. The quantitative estimate of drug-likeness (QED) is 0.711. The fraction of sp³-hybridized carbons (Fsp3) is 0.545. The minimum atomic E-state index is 0.120. The Kier molecular flexibility index (Phi) is 3.58. The Labute approximate surface area is 94.4 Å².